The first kappa shape index (κ1) is 30.6. The van der Waals surface area contributed by atoms with Crippen LogP contribution < -0.4 is 28.6 Å². The number of para-hydroxylation sites is 2. The number of carbonyl (C=O) groups is 1. The number of methoxy groups -OCH3 is 4. The van der Waals surface area contributed by atoms with E-state index < -0.39 is 6.10 Å². The summed E-state index contributed by atoms with van der Waals surface area (Å²) in [6.45, 7) is 4.23. The van der Waals surface area contributed by atoms with Crippen molar-refractivity contribution in [3.63, 3.8) is 0 Å². The van der Waals surface area contributed by atoms with Gasteiger partial charge >= 0.3 is 5.97 Å². The van der Waals surface area contributed by atoms with Crippen molar-refractivity contribution in [2.45, 2.75) is 51.0 Å². The van der Waals surface area contributed by atoms with E-state index in [1.807, 2.05) is 18.2 Å². The second-order valence-electron chi connectivity index (χ2n) is 10.8. The van der Waals surface area contributed by atoms with Crippen molar-refractivity contribution in [1.82, 2.24) is 4.90 Å². The Morgan fingerprint density at radius 3 is 2.15 bits per heavy atom. The number of esters is 1. The van der Waals surface area contributed by atoms with Gasteiger partial charge in [0.2, 0.25) is 5.75 Å². The molecule has 1 saturated heterocycles. The van der Waals surface area contributed by atoms with E-state index in [1.165, 1.54) is 32.1 Å². The van der Waals surface area contributed by atoms with E-state index in [4.69, 9.17) is 28.4 Å². The van der Waals surface area contributed by atoms with Crippen molar-refractivity contribution in [2.24, 2.45) is 5.92 Å². The third-order valence-electron chi connectivity index (χ3n) is 8.11. The first-order chi connectivity index (χ1) is 20.0. The van der Waals surface area contributed by atoms with Gasteiger partial charge in [-0.25, -0.2) is 0 Å². The van der Waals surface area contributed by atoms with Gasteiger partial charge in [-0.15, -0.1) is 0 Å². The van der Waals surface area contributed by atoms with Crippen molar-refractivity contribution in [3.05, 3.63) is 36.4 Å². The smallest absolute Gasteiger partial charge is 0.306 e. The summed E-state index contributed by atoms with van der Waals surface area (Å²) < 4.78 is 34.2. The summed E-state index contributed by atoms with van der Waals surface area (Å²) in [4.78, 5) is 17.6. The lowest BCUT2D eigenvalue weighted by Crippen LogP contribution is -2.50. The zero-order valence-corrected chi connectivity index (χ0v) is 25.1. The van der Waals surface area contributed by atoms with Crippen LogP contribution in [0.1, 0.15) is 44.9 Å². The van der Waals surface area contributed by atoms with Gasteiger partial charge in [-0.1, -0.05) is 44.2 Å². The molecule has 2 aromatic carbocycles. The van der Waals surface area contributed by atoms with Crippen LogP contribution in [0, 0.1) is 5.92 Å². The van der Waals surface area contributed by atoms with Crippen LogP contribution in [-0.2, 0) is 9.53 Å². The first-order valence-corrected chi connectivity index (χ1v) is 14.8. The average Bonchev–Trinajstić information content (AvgIpc) is 3.02. The van der Waals surface area contributed by atoms with Crippen LogP contribution in [0.25, 0.3) is 0 Å². The molecule has 1 heterocycles. The minimum absolute atomic E-state index is 0.151. The Balaban J connectivity index is 1.39. The number of ether oxygens (including phenoxy) is 6. The molecule has 0 amide bonds. The minimum Gasteiger partial charge on any atom is -0.495 e. The summed E-state index contributed by atoms with van der Waals surface area (Å²) in [7, 11) is 6.42. The fourth-order valence-corrected chi connectivity index (χ4v) is 5.85. The van der Waals surface area contributed by atoms with E-state index in [-0.39, 0.29) is 12.6 Å². The molecule has 0 spiro atoms. The number of benzene rings is 2. The molecule has 0 N–H and O–H groups in total. The van der Waals surface area contributed by atoms with Crippen LogP contribution in [0.15, 0.2) is 36.4 Å². The Labute approximate surface area is 244 Å². The molecule has 2 aromatic rings. The largest absolute Gasteiger partial charge is 0.495 e. The molecule has 226 valence electrons. The topological polar surface area (TPSA) is 78.9 Å². The molecule has 9 heteroatoms. The standard InChI is InChI=1S/C32H46N2O7/c1-36-28-13-9-8-12-27(28)34-18-16-33(17-19-34)22-26(41-31(35)15-14-24-10-6-5-7-11-24)23-40-25-20-29(37-2)32(39-4)30(21-25)38-3/h8-9,12-13,20-21,24,26H,5-7,10-11,14-19,22-23H2,1-4H3. The van der Waals surface area contributed by atoms with E-state index in [0.29, 0.717) is 41.9 Å². The number of anilines is 1. The highest BCUT2D eigenvalue weighted by atomic mass is 16.6. The predicted octanol–water partition coefficient (Wildman–Crippen LogP) is 5.19. The molecule has 1 atom stereocenters. The molecular formula is C32H46N2O7. The fourth-order valence-electron chi connectivity index (χ4n) is 5.85. The van der Waals surface area contributed by atoms with Crippen LogP contribution in [0.3, 0.4) is 0 Å². The summed E-state index contributed by atoms with van der Waals surface area (Å²) >= 11 is 0. The Bertz CT molecular complexity index is 1070. The SMILES string of the molecule is COc1ccccc1N1CCN(CC(COc2cc(OC)c(OC)c(OC)c2)OC(=O)CCC2CCCCC2)CC1. The molecule has 1 aliphatic carbocycles. The van der Waals surface area contributed by atoms with Gasteiger partial charge in [-0.2, -0.15) is 0 Å². The zero-order valence-electron chi connectivity index (χ0n) is 25.1. The number of piperazine rings is 1. The minimum atomic E-state index is -0.411. The molecule has 41 heavy (non-hydrogen) atoms. The summed E-state index contributed by atoms with van der Waals surface area (Å²) in [5, 5.41) is 0. The van der Waals surface area contributed by atoms with Gasteiger partial charge in [0.15, 0.2) is 11.5 Å². The fraction of sp³-hybridized carbons (Fsp3) is 0.594. The molecule has 1 saturated carbocycles. The van der Waals surface area contributed by atoms with Gasteiger partial charge in [0.1, 0.15) is 24.2 Å². The maximum absolute atomic E-state index is 13.0. The Morgan fingerprint density at radius 2 is 1.51 bits per heavy atom. The highest BCUT2D eigenvalue weighted by molar-refractivity contribution is 5.69. The monoisotopic (exact) mass is 570 g/mol. The molecule has 1 aliphatic heterocycles. The molecular weight excluding hydrogens is 524 g/mol. The lowest BCUT2D eigenvalue weighted by Gasteiger charge is -2.37. The van der Waals surface area contributed by atoms with Gasteiger partial charge in [0, 0.05) is 51.3 Å². The van der Waals surface area contributed by atoms with Gasteiger partial charge in [-0.05, 0) is 24.5 Å². The van der Waals surface area contributed by atoms with Crippen molar-refractivity contribution in [3.8, 4) is 28.7 Å². The normalized spacial score (nSPS) is 17.0. The molecule has 0 radical (unpaired) electrons. The van der Waals surface area contributed by atoms with E-state index in [2.05, 4.69) is 15.9 Å². The Morgan fingerprint density at radius 1 is 0.854 bits per heavy atom. The van der Waals surface area contributed by atoms with Gasteiger partial charge in [0.25, 0.3) is 0 Å². The summed E-state index contributed by atoms with van der Waals surface area (Å²) in [6.07, 6.45) is 7.23. The lowest BCUT2D eigenvalue weighted by molar-refractivity contribution is -0.152. The predicted molar refractivity (Wildman–Crippen MR) is 159 cm³/mol. The summed E-state index contributed by atoms with van der Waals surface area (Å²) in [5.74, 6) is 3.44. The zero-order chi connectivity index (χ0) is 29.0. The van der Waals surface area contributed by atoms with E-state index in [1.54, 1.807) is 40.6 Å². The first-order valence-electron chi connectivity index (χ1n) is 14.8. The average molecular weight is 571 g/mol. The van der Waals surface area contributed by atoms with Crippen molar-refractivity contribution in [2.75, 3.05) is 72.7 Å². The highest BCUT2D eigenvalue weighted by Crippen LogP contribution is 2.41. The van der Waals surface area contributed by atoms with Crippen molar-refractivity contribution in [1.29, 1.82) is 0 Å². The molecule has 2 aliphatic rings. The highest BCUT2D eigenvalue weighted by Gasteiger charge is 2.25. The number of hydrogen-bond donors (Lipinski definition) is 0. The molecule has 4 rings (SSSR count). The molecule has 0 aromatic heterocycles. The van der Waals surface area contributed by atoms with E-state index in [0.717, 1.165) is 44.0 Å². The van der Waals surface area contributed by atoms with E-state index >= 15 is 0 Å². The van der Waals surface area contributed by atoms with Gasteiger partial charge in [-0.3, -0.25) is 9.69 Å². The van der Waals surface area contributed by atoms with Crippen molar-refractivity contribution >= 4 is 11.7 Å². The van der Waals surface area contributed by atoms with Crippen LogP contribution in [0.4, 0.5) is 5.69 Å². The van der Waals surface area contributed by atoms with Crippen LogP contribution in [0.2, 0.25) is 0 Å². The maximum Gasteiger partial charge on any atom is 0.306 e. The Kier molecular flexibility index (Phi) is 11.7. The van der Waals surface area contributed by atoms with Crippen LogP contribution >= 0.6 is 0 Å². The lowest BCUT2D eigenvalue weighted by atomic mass is 9.86. The van der Waals surface area contributed by atoms with Gasteiger partial charge < -0.3 is 33.3 Å². The second kappa shape index (κ2) is 15.6. The van der Waals surface area contributed by atoms with E-state index in [9.17, 15) is 4.79 Å². The Hall–Kier alpha value is -3.33. The maximum atomic E-state index is 13.0. The quantitative estimate of drug-likeness (QED) is 0.285. The number of rotatable bonds is 14. The number of nitrogens with zero attached hydrogens (tertiary/aromatic N) is 2. The number of hydrogen-bond acceptors (Lipinski definition) is 9. The summed E-state index contributed by atoms with van der Waals surface area (Å²) in [5.41, 5.74) is 1.10. The van der Waals surface area contributed by atoms with Gasteiger partial charge in [0.05, 0.1) is 34.1 Å². The number of carbonyl (C=O) groups excluding carboxylic acids is 1. The third-order valence-corrected chi connectivity index (χ3v) is 8.11. The molecule has 9 nitrogen and oxygen atoms in total. The van der Waals surface area contributed by atoms with Crippen molar-refractivity contribution < 1.29 is 33.2 Å². The second-order valence-corrected chi connectivity index (χ2v) is 10.8. The summed E-state index contributed by atoms with van der Waals surface area (Å²) in [6, 6.07) is 11.6. The third kappa shape index (κ3) is 8.58. The molecule has 1 unspecified atom stereocenters. The molecule has 0 bridgehead atoms. The van der Waals surface area contributed by atoms with Crippen LogP contribution in [-0.4, -0.2) is 84.7 Å². The molecule has 2 fully saturated rings. The van der Waals surface area contributed by atoms with Crippen LogP contribution in [0.5, 0.6) is 28.7 Å².